The van der Waals surface area contributed by atoms with E-state index in [0.717, 1.165) is 71.7 Å². The van der Waals surface area contributed by atoms with Crippen molar-refractivity contribution in [3.8, 4) is 0 Å². The van der Waals surface area contributed by atoms with Gasteiger partial charge in [0.15, 0.2) is 11.5 Å². The largest absolute Gasteiger partial charge is 0.338 e. The van der Waals surface area contributed by atoms with Gasteiger partial charge in [0, 0.05) is 37.7 Å². The first-order chi connectivity index (χ1) is 18.0. The molecule has 1 amide bonds. The third-order valence-electron chi connectivity index (χ3n) is 7.45. The Kier molecular flexibility index (Phi) is 6.00. The number of nitrogens with one attached hydrogen (secondary N) is 3. The molecule has 1 atom stereocenters. The summed E-state index contributed by atoms with van der Waals surface area (Å²) < 4.78 is 1.77. The molecule has 37 heavy (non-hydrogen) atoms. The highest BCUT2D eigenvalue weighted by Gasteiger charge is 2.29. The number of hydrogen-bond donors (Lipinski definition) is 3. The average molecular weight is 497 g/mol. The van der Waals surface area contributed by atoms with E-state index in [-0.39, 0.29) is 11.9 Å². The molecule has 2 aromatic heterocycles. The number of hydrogen-bond acceptors (Lipinski definition) is 7. The van der Waals surface area contributed by atoms with Crippen LogP contribution in [0.15, 0.2) is 42.6 Å². The standard InChI is InChI=1S/C28H32N8O/c1-17-6-4-7-18(2)24(17)32-25-22-15-30-28(33-26(22)35(3)34-25)31-21-10-9-19-11-13-36(16-20(19)14-21)27(37)23-8-5-12-29-23/h4,6-7,9-10,14-15,23,29H,5,8,11-13,16H2,1-3H3,(H,32,34)(H,30,31,33)/t23-/m1/s1. The van der Waals surface area contributed by atoms with Crippen LogP contribution in [0.3, 0.4) is 0 Å². The Hall–Kier alpha value is -3.98. The lowest BCUT2D eigenvalue weighted by molar-refractivity contribution is -0.134. The smallest absolute Gasteiger partial charge is 0.240 e. The van der Waals surface area contributed by atoms with E-state index < -0.39 is 0 Å². The van der Waals surface area contributed by atoms with Gasteiger partial charge in [-0.05, 0) is 74.0 Å². The summed E-state index contributed by atoms with van der Waals surface area (Å²) in [5, 5.41) is 15.7. The molecule has 0 aliphatic carbocycles. The summed E-state index contributed by atoms with van der Waals surface area (Å²) in [6, 6.07) is 12.5. The Morgan fingerprint density at radius 3 is 2.73 bits per heavy atom. The van der Waals surface area contributed by atoms with Crippen LogP contribution in [-0.4, -0.2) is 49.7 Å². The van der Waals surface area contributed by atoms with Crippen molar-refractivity contribution in [3.63, 3.8) is 0 Å². The van der Waals surface area contributed by atoms with Crippen LogP contribution in [-0.2, 0) is 24.8 Å². The predicted octanol–water partition coefficient (Wildman–Crippen LogP) is 4.10. The number of para-hydroxylation sites is 1. The first-order valence-electron chi connectivity index (χ1n) is 12.9. The average Bonchev–Trinajstić information content (AvgIpc) is 3.54. The topological polar surface area (TPSA) is 100 Å². The highest BCUT2D eigenvalue weighted by Crippen LogP contribution is 2.29. The number of benzene rings is 2. The lowest BCUT2D eigenvalue weighted by atomic mass is 9.98. The molecular formula is C28H32N8O. The highest BCUT2D eigenvalue weighted by molar-refractivity contribution is 5.90. The van der Waals surface area contributed by atoms with Crippen LogP contribution in [0.1, 0.15) is 35.1 Å². The molecule has 0 bridgehead atoms. The number of amides is 1. The van der Waals surface area contributed by atoms with Gasteiger partial charge < -0.3 is 20.9 Å². The molecule has 0 unspecified atom stereocenters. The van der Waals surface area contributed by atoms with E-state index in [4.69, 9.17) is 4.98 Å². The quantitative estimate of drug-likeness (QED) is 0.382. The van der Waals surface area contributed by atoms with Gasteiger partial charge in [0.2, 0.25) is 11.9 Å². The van der Waals surface area contributed by atoms with E-state index >= 15 is 0 Å². The van der Waals surface area contributed by atoms with Gasteiger partial charge >= 0.3 is 0 Å². The third-order valence-corrected chi connectivity index (χ3v) is 7.45. The fraction of sp³-hybridized carbons (Fsp3) is 0.357. The van der Waals surface area contributed by atoms with Gasteiger partial charge in [0.05, 0.1) is 11.4 Å². The minimum atomic E-state index is -0.0315. The van der Waals surface area contributed by atoms with Gasteiger partial charge in [-0.2, -0.15) is 10.1 Å². The molecule has 1 fully saturated rings. The molecule has 2 aromatic carbocycles. The third kappa shape index (κ3) is 4.51. The van der Waals surface area contributed by atoms with Crippen molar-refractivity contribution in [2.24, 2.45) is 7.05 Å². The predicted molar refractivity (Wildman–Crippen MR) is 145 cm³/mol. The highest BCUT2D eigenvalue weighted by atomic mass is 16.2. The van der Waals surface area contributed by atoms with E-state index in [2.05, 4.69) is 76.3 Å². The summed E-state index contributed by atoms with van der Waals surface area (Å²) in [7, 11) is 1.89. The summed E-state index contributed by atoms with van der Waals surface area (Å²) in [4.78, 5) is 24.2. The summed E-state index contributed by atoms with van der Waals surface area (Å²) in [5.74, 6) is 1.46. The number of fused-ring (bicyclic) bond motifs is 2. The normalized spacial score (nSPS) is 17.2. The molecule has 3 N–H and O–H groups in total. The number of aromatic nitrogens is 4. The van der Waals surface area contributed by atoms with Crippen LogP contribution < -0.4 is 16.0 Å². The number of aryl methyl sites for hydroxylation is 3. The molecule has 4 aromatic rings. The molecular weight excluding hydrogens is 464 g/mol. The lowest BCUT2D eigenvalue weighted by Gasteiger charge is -2.31. The summed E-state index contributed by atoms with van der Waals surface area (Å²) in [6.45, 7) is 6.50. The Balaban J connectivity index is 1.22. The van der Waals surface area contributed by atoms with Crippen molar-refractivity contribution < 1.29 is 4.79 Å². The second-order valence-electron chi connectivity index (χ2n) is 10.1. The summed E-state index contributed by atoms with van der Waals surface area (Å²) in [5.41, 5.74) is 7.47. The molecule has 4 heterocycles. The Morgan fingerprint density at radius 2 is 1.95 bits per heavy atom. The number of carbonyl (C=O) groups excluding carboxylic acids is 1. The molecule has 190 valence electrons. The van der Waals surface area contributed by atoms with Crippen molar-refractivity contribution in [1.82, 2.24) is 30.0 Å². The van der Waals surface area contributed by atoms with Crippen molar-refractivity contribution >= 4 is 40.1 Å². The zero-order chi connectivity index (χ0) is 25.5. The van der Waals surface area contributed by atoms with E-state index in [1.807, 2.05) is 11.9 Å². The molecule has 9 heteroatoms. The van der Waals surface area contributed by atoms with Crippen LogP contribution in [0.5, 0.6) is 0 Å². The van der Waals surface area contributed by atoms with E-state index in [9.17, 15) is 4.79 Å². The number of anilines is 4. The molecule has 1 saturated heterocycles. The fourth-order valence-electron chi connectivity index (χ4n) is 5.39. The van der Waals surface area contributed by atoms with Crippen LogP contribution in [0, 0.1) is 13.8 Å². The maximum atomic E-state index is 12.9. The number of rotatable bonds is 5. The Labute approximate surface area is 216 Å². The van der Waals surface area contributed by atoms with Crippen molar-refractivity contribution in [2.45, 2.75) is 45.7 Å². The maximum absolute atomic E-state index is 12.9. The molecule has 0 radical (unpaired) electrons. The summed E-state index contributed by atoms with van der Waals surface area (Å²) in [6.07, 6.45) is 4.68. The zero-order valence-electron chi connectivity index (χ0n) is 21.5. The van der Waals surface area contributed by atoms with Gasteiger partial charge in [-0.15, -0.1) is 0 Å². The number of nitrogens with zero attached hydrogens (tertiary/aromatic N) is 5. The molecule has 0 spiro atoms. The van der Waals surface area contributed by atoms with Gasteiger partial charge in [-0.25, -0.2) is 9.67 Å². The first kappa shape index (κ1) is 23.4. The second kappa shape index (κ2) is 9.48. The van der Waals surface area contributed by atoms with Gasteiger partial charge in [0.1, 0.15) is 0 Å². The maximum Gasteiger partial charge on any atom is 0.240 e. The number of carbonyl (C=O) groups is 1. The SMILES string of the molecule is Cc1cccc(C)c1Nc1nn(C)c2nc(Nc3ccc4c(c3)CN(C(=O)[C@H]3CCCN3)CC4)ncc12. The van der Waals surface area contributed by atoms with E-state index in [0.29, 0.717) is 12.5 Å². The van der Waals surface area contributed by atoms with Crippen LogP contribution in [0.25, 0.3) is 11.0 Å². The molecule has 9 nitrogen and oxygen atoms in total. The lowest BCUT2D eigenvalue weighted by Crippen LogP contribution is -2.45. The van der Waals surface area contributed by atoms with E-state index in [1.165, 1.54) is 11.1 Å². The van der Waals surface area contributed by atoms with Crippen LogP contribution >= 0.6 is 0 Å². The van der Waals surface area contributed by atoms with Crippen molar-refractivity contribution in [3.05, 3.63) is 64.8 Å². The minimum Gasteiger partial charge on any atom is -0.338 e. The van der Waals surface area contributed by atoms with Crippen LogP contribution in [0.4, 0.5) is 23.1 Å². The van der Waals surface area contributed by atoms with Crippen molar-refractivity contribution in [2.75, 3.05) is 23.7 Å². The fourth-order valence-corrected chi connectivity index (χ4v) is 5.39. The molecule has 2 aliphatic heterocycles. The molecule has 0 saturated carbocycles. The molecule has 6 rings (SSSR count). The Morgan fingerprint density at radius 1 is 1.11 bits per heavy atom. The van der Waals surface area contributed by atoms with Gasteiger partial charge in [0.25, 0.3) is 0 Å². The monoisotopic (exact) mass is 496 g/mol. The first-order valence-corrected chi connectivity index (χ1v) is 12.9. The minimum absolute atomic E-state index is 0.0315. The van der Waals surface area contributed by atoms with Gasteiger partial charge in [-0.1, -0.05) is 24.3 Å². The Bertz CT molecular complexity index is 1470. The molecule has 2 aliphatic rings. The second-order valence-corrected chi connectivity index (χ2v) is 10.1. The van der Waals surface area contributed by atoms with Gasteiger partial charge in [-0.3, -0.25) is 4.79 Å². The van der Waals surface area contributed by atoms with E-state index in [1.54, 1.807) is 10.9 Å². The van der Waals surface area contributed by atoms with Crippen LogP contribution in [0.2, 0.25) is 0 Å². The summed E-state index contributed by atoms with van der Waals surface area (Å²) >= 11 is 0. The van der Waals surface area contributed by atoms with Crippen molar-refractivity contribution in [1.29, 1.82) is 0 Å². The zero-order valence-corrected chi connectivity index (χ0v) is 21.5.